The lowest BCUT2D eigenvalue weighted by Gasteiger charge is -1.94. The number of nitrogens with zero attached hydrogens (tertiary/aromatic N) is 1. The number of amidine groups is 1. The third kappa shape index (κ3) is 1.35. The lowest BCUT2D eigenvalue weighted by atomic mass is 10.3. The first-order chi connectivity index (χ1) is 4.74. The van der Waals surface area contributed by atoms with Gasteiger partial charge in [-0.1, -0.05) is 6.92 Å². The minimum absolute atomic E-state index is 0.0310. The minimum Gasteiger partial charge on any atom is -0.313 e. The second-order valence-corrected chi connectivity index (χ2v) is 2.49. The zero-order valence-corrected chi connectivity index (χ0v) is 6.35. The number of hydrogen-bond donors (Lipinski definition) is 1. The highest BCUT2D eigenvalue weighted by molar-refractivity contribution is 6.05. The molecule has 1 rings (SSSR count). The Morgan fingerprint density at radius 3 is 2.80 bits per heavy atom. The third-order valence-electron chi connectivity index (χ3n) is 1.48. The van der Waals surface area contributed by atoms with Crippen LogP contribution < -0.4 is 5.32 Å². The second kappa shape index (κ2) is 2.82. The zero-order valence-electron chi connectivity index (χ0n) is 6.35. The Morgan fingerprint density at radius 1 is 1.70 bits per heavy atom. The molecule has 3 heteroatoms. The van der Waals surface area contributed by atoms with E-state index in [1.807, 2.05) is 0 Å². The molecule has 1 aliphatic rings. The third-order valence-corrected chi connectivity index (χ3v) is 1.48. The van der Waals surface area contributed by atoms with Crippen LogP contribution in [0.25, 0.3) is 0 Å². The fraction of sp³-hybridized carbons (Fsp3) is 0.714. The van der Waals surface area contributed by atoms with E-state index in [0.29, 0.717) is 0 Å². The van der Waals surface area contributed by atoms with Crippen LogP contribution in [0.3, 0.4) is 0 Å². The van der Waals surface area contributed by atoms with E-state index in [4.69, 9.17) is 0 Å². The van der Waals surface area contributed by atoms with E-state index in [-0.39, 0.29) is 11.9 Å². The van der Waals surface area contributed by atoms with Crippen LogP contribution >= 0.6 is 0 Å². The first kappa shape index (κ1) is 7.25. The predicted molar refractivity (Wildman–Crippen MR) is 39.9 cm³/mol. The predicted octanol–water partition coefficient (Wildman–Crippen LogP) is 0.703. The van der Waals surface area contributed by atoms with Gasteiger partial charge in [0, 0.05) is 6.42 Å². The van der Waals surface area contributed by atoms with E-state index in [1.54, 1.807) is 6.92 Å². The maximum absolute atomic E-state index is 10.8. The molecular formula is C7H12N2O. The van der Waals surface area contributed by atoms with Crippen molar-refractivity contribution >= 4 is 11.7 Å². The van der Waals surface area contributed by atoms with Crippen molar-refractivity contribution < 1.29 is 4.79 Å². The lowest BCUT2D eigenvalue weighted by molar-refractivity contribution is -0.119. The Morgan fingerprint density at radius 2 is 2.40 bits per heavy atom. The van der Waals surface area contributed by atoms with Crippen molar-refractivity contribution in [1.82, 2.24) is 5.32 Å². The molecule has 0 spiro atoms. The Bertz CT molecular complexity index is 174. The van der Waals surface area contributed by atoms with Gasteiger partial charge in [0.25, 0.3) is 0 Å². The van der Waals surface area contributed by atoms with Crippen molar-refractivity contribution in [3.05, 3.63) is 0 Å². The Labute approximate surface area is 60.5 Å². The molecule has 3 nitrogen and oxygen atoms in total. The second-order valence-electron chi connectivity index (χ2n) is 2.49. The van der Waals surface area contributed by atoms with Gasteiger partial charge in [0.1, 0.15) is 11.9 Å². The summed E-state index contributed by atoms with van der Waals surface area (Å²) in [7, 11) is 0. The molecule has 0 bridgehead atoms. The molecule has 56 valence electrons. The van der Waals surface area contributed by atoms with Crippen LogP contribution in [-0.2, 0) is 4.79 Å². The molecule has 10 heavy (non-hydrogen) atoms. The number of carbonyl (C=O) groups excluding carboxylic acids is 1. The number of hydrogen-bond acceptors (Lipinski definition) is 2. The molecule has 0 radical (unpaired) electrons. The molecule has 1 unspecified atom stereocenters. The average Bonchev–Trinajstić information content (AvgIpc) is 2.14. The highest BCUT2D eigenvalue weighted by Gasteiger charge is 2.20. The van der Waals surface area contributed by atoms with E-state index in [2.05, 4.69) is 17.2 Å². The normalized spacial score (nSPS) is 24.4. The van der Waals surface area contributed by atoms with Crippen molar-refractivity contribution in [2.45, 2.75) is 32.7 Å². The average molecular weight is 140 g/mol. The van der Waals surface area contributed by atoms with Gasteiger partial charge < -0.3 is 5.32 Å². The smallest absolute Gasteiger partial charge is 0.249 e. The van der Waals surface area contributed by atoms with Crippen LogP contribution in [0.2, 0.25) is 0 Å². The summed E-state index contributed by atoms with van der Waals surface area (Å²) in [6.45, 7) is 3.87. The highest BCUT2D eigenvalue weighted by atomic mass is 16.2. The molecule has 1 aliphatic heterocycles. The molecule has 0 aromatic heterocycles. The van der Waals surface area contributed by atoms with Crippen molar-refractivity contribution in [2.75, 3.05) is 0 Å². The fourth-order valence-corrected chi connectivity index (χ4v) is 0.935. The lowest BCUT2D eigenvalue weighted by Crippen LogP contribution is -2.27. The number of rotatable bonds is 2. The molecular weight excluding hydrogens is 128 g/mol. The summed E-state index contributed by atoms with van der Waals surface area (Å²) >= 11 is 0. The van der Waals surface area contributed by atoms with E-state index >= 15 is 0 Å². The maximum Gasteiger partial charge on any atom is 0.249 e. The van der Waals surface area contributed by atoms with E-state index in [9.17, 15) is 4.79 Å². The number of amides is 1. The minimum atomic E-state index is -0.165. The maximum atomic E-state index is 10.8. The first-order valence-electron chi connectivity index (χ1n) is 3.61. The Kier molecular flexibility index (Phi) is 2.04. The summed E-state index contributed by atoms with van der Waals surface area (Å²) in [6, 6.07) is -0.165. The van der Waals surface area contributed by atoms with Crippen molar-refractivity contribution in [1.29, 1.82) is 0 Å². The van der Waals surface area contributed by atoms with Crippen molar-refractivity contribution in [3.8, 4) is 0 Å². The van der Waals surface area contributed by atoms with Gasteiger partial charge >= 0.3 is 0 Å². The van der Waals surface area contributed by atoms with Crippen LogP contribution in [0.5, 0.6) is 0 Å². The zero-order chi connectivity index (χ0) is 7.56. The summed E-state index contributed by atoms with van der Waals surface area (Å²) in [6.07, 6.45) is 1.92. The number of carbonyl (C=O) groups is 1. The van der Waals surface area contributed by atoms with E-state index in [0.717, 1.165) is 18.7 Å². The molecule has 1 atom stereocenters. The molecule has 1 heterocycles. The van der Waals surface area contributed by atoms with Crippen LogP contribution in [0, 0.1) is 0 Å². The SMILES string of the molecule is CCCC1=NC(C)C(=O)N1. The van der Waals surface area contributed by atoms with Gasteiger partial charge in [-0.05, 0) is 13.3 Å². The summed E-state index contributed by atoms with van der Waals surface area (Å²) < 4.78 is 0. The van der Waals surface area contributed by atoms with E-state index < -0.39 is 0 Å². The molecule has 0 aromatic rings. The van der Waals surface area contributed by atoms with Crippen LogP contribution in [0.4, 0.5) is 0 Å². The van der Waals surface area contributed by atoms with Gasteiger partial charge in [0.05, 0.1) is 0 Å². The Hall–Kier alpha value is -0.860. The van der Waals surface area contributed by atoms with Gasteiger partial charge in [-0.3, -0.25) is 9.79 Å². The molecule has 0 aromatic carbocycles. The molecule has 0 saturated heterocycles. The van der Waals surface area contributed by atoms with Gasteiger partial charge in [-0.15, -0.1) is 0 Å². The first-order valence-corrected chi connectivity index (χ1v) is 3.61. The largest absolute Gasteiger partial charge is 0.313 e. The summed E-state index contributed by atoms with van der Waals surface area (Å²) in [5.41, 5.74) is 0. The molecule has 0 aliphatic carbocycles. The quantitative estimate of drug-likeness (QED) is 0.602. The highest BCUT2D eigenvalue weighted by Crippen LogP contribution is 2.02. The Balaban J connectivity index is 2.50. The monoisotopic (exact) mass is 140 g/mol. The van der Waals surface area contributed by atoms with Gasteiger partial charge in [0.15, 0.2) is 0 Å². The van der Waals surface area contributed by atoms with Crippen LogP contribution in [0.15, 0.2) is 4.99 Å². The molecule has 0 fully saturated rings. The fourth-order valence-electron chi connectivity index (χ4n) is 0.935. The van der Waals surface area contributed by atoms with Crippen LogP contribution in [0.1, 0.15) is 26.7 Å². The summed E-state index contributed by atoms with van der Waals surface area (Å²) in [5.74, 6) is 0.878. The van der Waals surface area contributed by atoms with Gasteiger partial charge in [0.2, 0.25) is 5.91 Å². The molecule has 1 N–H and O–H groups in total. The molecule has 0 saturated carbocycles. The molecule has 1 amide bonds. The standard InChI is InChI=1S/C7H12N2O/c1-3-4-6-8-5(2)7(10)9-6/h5H,3-4H2,1-2H3,(H,8,9,10). The topological polar surface area (TPSA) is 41.5 Å². The summed E-state index contributed by atoms with van der Waals surface area (Å²) in [4.78, 5) is 14.9. The number of aliphatic imine (C=N–C) groups is 1. The van der Waals surface area contributed by atoms with Crippen LogP contribution in [-0.4, -0.2) is 17.8 Å². The number of nitrogens with one attached hydrogen (secondary N) is 1. The van der Waals surface area contributed by atoms with Crippen molar-refractivity contribution in [3.63, 3.8) is 0 Å². The van der Waals surface area contributed by atoms with E-state index in [1.165, 1.54) is 0 Å². The summed E-state index contributed by atoms with van der Waals surface area (Å²) in [5, 5.41) is 2.72. The van der Waals surface area contributed by atoms with Gasteiger partial charge in [-0.2, -0.15) is 0 Å². The van der Waals surface area contributed by atoms with Crippen molar-refractivity contribution in [2.24, 2.45) is 4.99 Å². The van der Waals surface area contributed by atoms with Gasteiger partial charge in [-0.25, -0.2) is 0 Å².